The number of amides is 6. The number of rotatable bonds is 10. The summed E-state index contributed by atoms with van der Waals surface area (Å²) in [5.74, 6) is -1.43. The van der Waals surface area contributed by atoms with Crippen LogP contribution in [0.3, 0.4) is 0 Å². The molecule has 4 aromatic heterocycles. The van der Waals surface area contributed by atoms with Crippen LogP contribution in [0.2, 0.25) is 0 Å². The predicted octanol–water partition coefficient (Wildman–Crippen LogP) is 5.46. The smallest absolute Gasteiger partial charge is 0.412 e. The van der Waals surface area contributed by atoms with E-state index in [-0.39, 0.29) is 68.1 Å². The van der Waals surface area contributed by atoms with Crippen LogP contribution < -0.4 is 41.4 Å². The van der Waals surface area contributed by atoms with Crippen LogP contribution in [0.1, 0.15) is 81.0 Å². The van der Waals surface area contributed by atoms with Gasteiger partial charge in [-0.05, 0) is 68.3 Å². The fourth-order valence-electron chi connectivity index (χ4n) is 7.00. The largest absolute Gasteiger partial charge is 0.482 e. The Morgan fingerprint density at radius 2 is 1.14 bits per heavy atom. The number of hydrogen-bond donors (Lipinski definition) is 8. The third-order valence-electron chi connectivity index (χ3n) is 10.1. The molecule has 70 heavy (non-hydrogen) atoms. The van der Waals surface area contributed by atoms with Gasteiger partial charge in [0.1, 0.15) is 40.8 Å². The average molecular weight is 955 g/mol. The number of aromatic nitrogens is 6. The number of carbonyl (C=O) groups excluding carboxylic acids is 7. The fraction of sp³-hybridized carbons (Fsp3) is 0.213. The van der Waals surface area contributed by atoms with Gasteiger partial charge in [0.25, 0.3) is 29.5 Å². The zero-order chi connectivity index (χ0) is 48.8. The second-order valence-corrected chi connectivity index (χ2v) is 16.1. The summed E-state index contributed by atoms with van der Waals surface area (Å²) >= 11 is 0. The summed E-state index contributed by atoms with van der Waals surface area (Å²) in [7, 11) is 1.23. The molecule has 2 aliphatic heterocycles. The van der Waals surface area contributed by atoms with Crippen LogP contribution >= 0.6 is 0 Å². The van der Waals surface area contributed by atoms with Crippen LogP contribution in [-0.4, -0.2) is 97.4 Å². The first-order valence-electron chi connectivity index (χ1n) is 20.9. The number of benzene rings is 3. The highest BCUT2D eigenvalue weighted by molar-refractivity contribution is 6.14. The number of anilines is 4. The van der Waals surface area contributed by atoms with E-state index >= 15 is 0 Å². The van der Waals surface area contributed by atoms with Gasteiger partial charge >= 0.3 is 12.1 Å². The minimum absolute atomic E-state index is 0. The Labute approximate surface area is 397 Å². The summed E-state index contributed by atoms with van der Waals surface area (Å²) in [4.78, 5) is 108. The van der Waals surface area contributed by atoms with E-state index in [1.807, 2.05) is 0 Å². The summed E-state index contributed by atoms with van der Waals surface area (Å²) < 4.78 is 20.7. The molecule has 9 rings (SSSR count). The normalized spacial score (nSPS) is 12.4. The van der Waals surface area contributed by atoms with E-state index in [1.54, 1.807) is 69.3 Å². The van der Waals surface area contributed by atoms with Crippen molar-refractivity contribution in [2.75, 3.05) is 41.6 Å². The number of nitrogens with zero attached hydrogens (tertiary/aromatic N) is 4. The molecular weight excluding hydrogens is 909 g/mol. The third-order valence-corrected chi connectivity index (χ3v) is 10.1. The van der Waals surface area contributed by atoms with Gasteiger partial charge in [-0.25, -0.2) is 29.5 Å². The molecule has 0 aliphatic carbocycles. The van der Waals surface area contributed by atoms with E-state index < -0.39 is 35.4 Å². The first-order valence-corrected chi connectivity index (χ1v) is 20.9. The maximum Gasteiger partial charge on any atom is 0.412 e. The van der Waals surface area contributed by atoms with Gasteiger partial charge in [0.2, 0.25) is 0 Å². The number of hydrogen-bond acceptors (Lipinski definition) is 15. The van der Waals surface area contributed by atoms with Gasteiger partial charge in [0.05, 0.1) is 52.0 Å². The van der Waals surface area contributed by atoms with Crippen molar-refractivity contribution in [3.63, 3.8) is 0 Å². The number of nitrogens with one attached hydrogen (secondary N) is 8. The van der Waals surface area contributed by atoms with Crippen LogP contribution in [0.4, 0.5) is 27.5 Å². The van der Waals surface area contributed by atoms with Crippen molar-refractivity contribution < 1.29 is 52.5 Å². The molecule has 6 heterocycles. The zero-order valence-corrected chi connectivity index (χ0v) is 37.2. The Morgan fingerprint density at radius 1 is 0.657 bits per heavy atom. The summed E-state index contributed by atoms with van der Waals surface area (Å²) in [6, 6.07) is 16.7. The maximum atomic E-state index is 12.9. The molecular formula is C47H46N12O11. The number of ether oxygens (including phenoxy) is 4. The van der Waals surface area contributed by atoms with E-state index in [9.17, 15) is 33.6 Å². The lowest BCUT2D eigenvalue weighted by Gasteiger charge is -2.19. The van der Waals surface area contributed by atoms with Gasteiger partial charge in [-0.3, -0.25) is 29.3 Å². The number of aromatic amines is 2. The number of carbonyl (C=O) groups is 7. The van der Waals surface area contributed by atoms with Crippen molar-refractivity contribution in [3.8, 4) is 11.5 Å². The Balaban J connectivity index is 0.000000206. The molecule has 23 nitrogen and oxygen atoms in total. The minimum atomic E-state index is -0.651. The van der Waals surface area contributed by atoms with Crippen molar-refractivity contribution in [2.24, 2.45) is 0 Å². The van der Waals surface area contributed by atoms with E-state index in [2.05, 4.69) is 61.8 Å². The number of fused-ring (bicyclic) bond motifs is 4. The topological polar surface area (TPSA) is 312 Å². The molecule has 0 atom stereocenters. The van der Waals surface area contributed by atoms with Crippen LogP contribution in [0.25, 0.3) is 22.1 Å². The molecule has 8 N–H and O–H groups in total. The highest BCUT2D eigenvalue weighted by Crippen LogP contribution is 2.30. The molecule has 2 aliphatic rings. The molecule has 0 radical (unpaired) electrons. The molecule has 0 saturated heterocycles. The second-order valence-electron chi connectivity index (χ2n) is 16.1. The van der Waals surface area contributed by atoms with Gasteiger partial charge in [-0.1, -0.05) is 31.7 Å². The number of H-pyrrole nitrogens is 2. The molecule has 0 unspecified atom stereocenters. The first-order chi connectivity index (χ1) is 33.1. The van der Waals surface area contributed by atoms with Gasteiger partial charge in [-0.15, -0.1) is 0 Å². The number of methoxy groups -OCH3 is 1. The third kappa shape index (κ3) is 11.1. The highest BCUT2D eigenvalue weighted by Gasteiger charge is 2.24. The van der Waals surface area contributed by atoms with Crippen molar-refractivity contribution in [1.82, 2.24) is 40.5 Å². The van der Waals surface area contributed by atoms with Crippen molar-refractivity contribution in [3.05, 3.63) is 119 Å². The van der Waals surface area contributed by atoms with Crippen molar-refractivity contribution in [2.45, 2.75) is 46.9 Å². The Kier molecular flexibility index (Phi) is 14.3. The van der Waals surface area contributed by atoms with Crippen molar-refractivity contribution in [1.29, 1.82) is 0 Å². The molecule has 0 fully saturated rings. The average Bonchev–Trinajstić information content (AvgIpc) is 3.95. The zero-order valence-electron chi connectivity index (χ0n) is 37.2. The lowest BCUT2D eigenvalue weighted by atomic mass is 10.1. The van der Waals surface area contributed by atoms with E-state index in [0.29, 0.717) is 56.3 Å². The maximum absolute atomic E-state index is 12.9. The van der Waals surface area contributed by atoms with Gasteiger partial charge < -0.3 is 55.5 Å². The van der Waals surface area contributed by atoms with E-state index in [0.717, 1.165) is 11.1 Å². The monoisotopic (exact) mass is 954 g/mol. The van der Waals surface area contributed by atoms with Gasteiger partial charge in [0, 0.05) is 25.5 Å². The Hall–Kier alpha value is -9.41. The highest BCUT2D eigenvalue weighted by atomic mass is 16.6. The second kappa shape index (κ2) is 20.6. The quantitative estimate of drug-likeness (QED) is 0.0790. The summed E-state index contributed by atoms with van der Waals surface area (Å²) in [5.41, 5.74) is 4.47. The Morgan fingerprint density at radius 3 is 1.63 bits per heavy atom. The summed E-state index contributed by atoms with van der Waals surface area (Å²) in [6.07, 6.45) is 4.84. The molecule has 6 amide bonds. The van der Waals surface area contributed by atoms with Crippen LogP contribution in [0, 0.1) is 0 Å². The molecule has 0 saturated carbocycles. The van der Waals surface area contributed by atoms with Gasteiger partial charge in [0.15, 0.2) is 24.6 Å². The minimum Gasteiger partial charge on any atom is -0.482 e. The lowest BCUT2D eigenvalue weighted by molar-refractivity contribution is -0.119. The summed E-state index contributed by atoms with van der Waals surface area (Å²) in [6.45, 7) is 5.60. The molecule has 23 heteroatoms. The van der Waals surface area contributed by atoms with Crippen LogP contribution in [0.15, 0.2) is 85.7 Å². The molecule has 360 valence electrons. The summed E-state index contributed by atoms with van der Waals surface area (Å²) in [5, 5.41) is 16.4. The Bertz CT molecular complexity index is 3200. The first kappa shape index (κ1) is 48.5. The standard InChI is InChI=1S/C25H20N6O6.C21H22N6O5.CH4/c1-36-25(35)15-5-3-2-4-14(15)23(33)31-17-10-26-21-20(17)28-12-29-22(21)24(34)27-9-13-6-7-18-16(8-13)30-19(32)11-37-18;1-21(2,3)32-20(30)27-13-8-22-17-16(13)24-10-25-18(17)19(29)23-7-11-4-5-14-12(6-11)26-15(28)9-31-14;/h2-8,10,12,26H,9,11H2,1H3,(H,27,34)(H,30,32)(H,31,33);4-6,8,10,22H,7,9H2,1-3H3,(H,23,29)(H,26,28)(H,27,30);1H4. The van der Waals surface area contributed by atoms with Crippen LogP contribution in [-0.2, 0) is 32.2 Å². The molecule has 0 spiro atoms. The van der Waals surface area contributed by atoms with E-state index in [4.69, 9.17) is 18.9 Å². The fourth-order valence-corrected chi connectivity index (χ4v) is 7.00. The molecule has 3 aromatic carbocycles. The number of esters is 1. The molecule has 0 bridgehead atoms. The van der Waals surface area contributed by atoms with Gasteiger partial charge in [-0.2, -0.15) is 0 Å². The predicted molar refractivity (Wildman–Crippen MR) is 254 cm³/mol. The molecule has 7 aromatic rings. The van der Waals surface area contributed by atoms with Crippen LogP contribution in [0.5, 0.6) is 11.5 Å². The SMILES string of the molecule is C.CC(C)(C)OC(=O)Nc1c[nH]c2c(C(=O)NCc3ccc4c(c3)NC(=O)CO4)ncnc12.COC(=O)c1ccccc1C(=O)Nc1c[nH]c2c(C(=O)NCc3ccc4c(c3)NC(=O)CO4)ncnc12. The van der Waals surface area contributed by atoms with E-state index in [1.165, 1.54) is 44.3 Å². The lowest BCUT2D eigenvalue weighted by Crippen LogP contribution is -2.27. The van der Waals surface area contributed by atoms with Crippen molar-refractivity contribution >= 4 is 86.4 Å².